The lowest BCUT2D eigenvalue weighted by atomic mass is 10.1. The van der Waals surface area contributed by atoms with Crippen LogP contribution in [0.1, 0.15) is 18.2 Å². The van der Waals surface area contributed by atoms with Crippen LogP contribution < -0.4 is 0 Å². The summed E-state index contributed by atoms with van der Waals surface area (Å²) in [6, 6.07) is 3.67. The Kier molecular flexibility index (Phi) is 3.15. The highest BCUT2D eigenvalue weighted by atomic mass is 35.5. The molecule has 4 heteroatoms. The molecule has 0 aliphatic heterocycles. The second-order valence-corrected chi connectivity index (χ2v) is 3.93. The van der Waals surface area contributed by atoms with Crippen LogP contribution in [-0.2, 0) is 6.42 Å². The molecule has 0 amide bonds. The van der Waals surface area contributed by atoms with Gasteiger partial charge in [0.15, 0.2) is 5.82 Å². The van der Waals surface area contributed by atoms with Gasteiger partial charge < -0.3 is 0 Å². The lowest BCUT2D eigenvalue weighted by Gasteiger charge is -2.06. The van der Waals surface area contributed by atoms with E-state index in [1.807, 2.05) is 19.2 Å². The molecule has 0 aromatic carbocycles. The van der Waals surface area contributed by atoms with E-state index in [0.717, 1.165) is 23.2 Å². The van der Waals surface area contributed by atoms with Crippen LogP contribution in [0, 0.1) is 6.92 Å². The lowest BCUT2D eigenvalue weighted by molar-refractivity contribution is 1.06. The number of pyridine rings is 1. The molecule has 82 valence electrons. The molecule has 0 saturated carbocycles. The van der Waals surface area contributed by atoms with Crippen molar-refractivity contribution >= 4 is 11.6 Å². The Hall–Kier alpha value is -1.48. The second kappa shape index (κ2) is 4.58. The molecule has 3 nitrogen and oxygen atoms in total. The van der Waals surface area contributed by atoms with Crippen LogP contribution in [0.25, 0.3) is 11.4 Å². The average Bonchev–Trinajstić information content (AvgIpc) is 2.27. The Labute approximate surface area is 99.5 Å². The predicted molar refractivity (Wildman–Crippen MR) is 64.4 cm³/mol. The molecule has 2 heterocycles. The number of halogens is 1. The Bertz CT molecular complexity index is 491. The number of hydrogen-bond acceptors (Lipinski definition) is 3. The van der Waals surface area contributed by atoms with Gasteiger partial charge in [-0.1, -0.05) is 18.5 Å². The molecule has 0 fully saturated rings. The molecule has 2 aromatic heterocycles. The quantitative estimate of drug-likeness (QED) is 0.749. The summed E-state index contributed by atoms with van der Waals surface area (Å²) in [5.41, 5.74) is 3.00. The van der Waals surface area contributed by atoms with Crippen LogP contribution in [-0.4, -0.2) is 15.0 Å². The van der Waals surface area contributed by atoms with Crippen molar-refractivity contribution in [2.75, 3.05) is 0 Å². The van der Waals surface area contributed by atoms with Gasteiger partial charge in [-0.2, -0.15) is 0 Å². The van der Waals surface area contributed by atoms with Gasteiger partial charge in [0.25, 0.3) is 0 Å². The first-order chi connectivity index (χ1) is 7.70. The number of nitrogens with zero attached hydrogens (tertiary/aromatic N) is 3. The number of rotatable bonds is 2. The van der Waals surface area contributed by atoms with Crippen LogP contribution in [0.5, 0.6) is 0 Å². The van der Waals surface area contributed by atoms with Gasteiger partial charge >= 0.3 is 0 Å². The van der Waals surface area contributed by atoms with Gasteiger partial charge in [-0.05, 0) is 31.0 Å². The molecule has 0 atom stereocenters. The largest absolute Gasteiger partial charge is 0.264 e. The van der Waals surface area contributed by atoms with Crippen LogP contribution in [0.3, 0.4) is 0 Å². The van der Waals surface area contributed by atoms with Crippen molar-refractivity contribution in [2.45, 2.75) is 20.3 Å². The summed E-state index contributed by atoms with van der Waals surface area (Å²) < 4.78 is 0. The summed E-state index contributed by atoms with van der Waals surface area (Å²) in [6.07, 6.45) is 4.49. The average molecular weight is 234 g/mol. The summed E-state index contributed by atoms with van der Waals surface area (Å²) in [7, 11) is 0. The van der Waals surface area contributed by atoms with E-state index in [9.17, 15) is 0 Å². The Morgan fingerprint density at radius 1 is 1.31 bits per heavy atom. The summed E-state index contributed by atoms with van der Waals surface area (Å²) in [5, 5.41) is 0.473. The van der Waals surface area contributed by atoms with Crippen molar-refractivity contribution in [2.24, 2.45) is 0 Å². The van der Waals surface area contributed by atoms with Gasteiger partial charge in [0.1, 0.15) is 5.15 Å². The molecule has 2 aromatic rings. The molecule has 0 radical (unpaired) electrons. The summed E-state index contributed by atoms with van der Waals surface area (Å²) in [6.45, 7) is 3.99. The van der Waals surface area contributed by atoms with Crippen molar-refractivity contribution in [1.29, 1.82) is 0 Å². The van der Waals surface area contributed by atoms with Crippen molar-refractivity contribution in [3.8, 4) is 11.4 Å². The molecule has 0 N–H and O–H groups in total. The predicted octanol–water partition coefficient (Wildman–Crippen LogP) is 3.06. The van der Waals surface area contributed by atoms with E-state index in [1.54, 1.807) is 12.3 Å². The smallest absolute Gasteiger partial charge is 0.161 e. The van der Waals surface area contributed by atoms with E-state index in [2.05, 4.69) is 21.9 Å². The fraction of sp³-hybridized carbons (Fsp3) is 0.250. The highest BCUT2D eigenvalue weighted by Crippen LogP contribution is 2.21. The Morgan fingerprint density at radius 2 is 2.12 bits per heavy atom. The van der Waals surface area contributed by atoms with Gasteiger partial charge in [-0.15, -0.1) is 0 Å². The molecule has 16 heavy (non-hydrogen) atoms. The second-order valence-electron chi connectivity index (χ2n) is 3.54. The minimum Gasteiger partial charge on any atom is -0.264 e. The monoisotopic (exact) mass is 233 g/mol. The van der Waals surface area contributed by atoms with Gasteiger partial charge in [-0.25, -0.2) is 9.97 Å². The first-order valence-corrected chi connectivity index (χ1v) is 5.53. The molecule has 0 aliphatic carbocycles. The molecule has 0 unspecified atom stereocenters. The zero-order valence-electron chi connectivity index (χ0n) is 9.24. The van der Waals surface area contributed by atoms with E-state index < -0.39 is 0 Å². The SMILES string of the molecule is CCc1cnccc1-c1nc(C)cc(Cl)n1. The van der Waals surface area contributed by atoms with E-state index >= 15 is 0 Å². The van der Waals surface area contributed by atoms with Gasteiger partial charge in [0, 0.05) is 23.7 Å². The molecule has 0 bridgehead atoms. The van der Waals surface area contributed by atoms with Gasteiger partial charge in [-0.3, -0.25) is 4.98 Å². The van der Waals surface area contributed by atoms with Crippen LogP contribution >= 0.6 is 11.6 Å². The van der Waals surface area contributed by atoms with Gasteiger partial charge in [0.2, 0.25) is 0 Å². The van der Waals surface area contributed by atoms with Crippen molar-refractivity contribution in [3.05, 3.63) is 40.9 Å². The van der Waals surface area contributed by atoms with E-state index in [-0.39, 0.29) is 0 Å². The third-order valence-electron chi connectivity index (χ3n) is 2.35. The highest BCUT2D eigenvalue weighted by molar-refractivity contribution is 6.29. The van der Waals surface area contributed by atoms with E-state index in [4.69, 9.17) is 11.6 Å². The molecular formula is C12H12ClN3. The molecular weight excluding hydrogens is 222 g/mol. The fourth-order valence-corrected chi connectivity index (χ4v) is 1.82. The van der Waals surface area contributed by atoms with Crippen LogP contribution in [0.4, 0.5) is 0 Å². The maximum atomic E-state index is 5.93. The molecule has 0 aliphatic rings. The topological polar surface area (TPSA) is 38.7 Å². The number of hydrogen-bond donors (Lipinski definition) is 0. The molecule has 0 saturated heterocycles. The fourth-order valence-electron chi connectivity index (χ4n) is 1.58. The van der Waals surface area contributed by atoms with E-state index in [0.29, 0.717) is 11.0 Å². The normalized spacial score (nSPS) is 10.4. The third-order valence-corrected chi connectivity index (χ3v) is 2.54. The lowest BCUT2D eigenvalue weighted by Crippen LogP contribution is -1.96. The minimum absolute atomic E-state index is 0.473. The maximum absolute atomic E-state index is 5.93. The maximum Gasteiger partial charge on any atom is 0.161 e. The Balaban J connectivity index is 2.58. The van der Waals surface area contributed by atoms with Gasteiger partial charge in [0.05, 0.1) is 0 Å². The third kappa shape index (κ3) is 2.19. The zero-order chi connectivity index (χ0) is 11.5. The minimum atomic E-state index is 0.473. The van der Waals surface area contributed by atoms with Crippen LogP contribution in [0.15, 0.2) is 24.5 Å². The summed E-state index contributed by atoms with van der Waals surface area (Å²) in [5.74, 6) is 0.671. The summed E-state index contributed by atoms with van der Waals surface area (Å²) in [4.78, 5) is 12.7. The number of aryl methyl sites for hydroxylation is 2. The first kappa shape index (κ1) is 11.0. The van der Waals surface area contributed by atoms with Crippen molar-refractivity contribution in [1.82, 2.24) is 15.0 Å². The summed E-state index contributed by atoms with van der Waals surface area (Å²) >= 11 is 5.93. The standard InChI is InChI=1S/C12H12ClN3/c1-3-9-7-14-5-4-10(9)12-15-8(2)6-11(13)16-12/h4-7H,3H2,1-2H3. The van der Waals surface area contributed by atoms with Crippen LogP contribution in [0.2, 0.25) is 5.15 Å². The highest BCUT2D eigenvalue weighted by Gasteiger charge is 2.07. The molecule has 2 rings (SSSR count). The number of aromatic nitrogens is 3. The first-order valence-electron chi connectivity index (χ1n) is 5.15. The zero-order valence-corrected chi connectivity index (χ0v) is 9.99. The van der Waals surface area contributed by atoms with E-state index in [1.165, 1.54) is 0 Å². The van der Waals surface area contributed by atoms with Crippen molar-refractivity contribution < 1.29 is 0 Å². The van der Waals surface area contributed by atoms with Crippen molar-refractivity contribution in [3.63, 3.8) is 0 Å². The Morgan fingerprint density at radius 3 is 2.81 bits per heavy atom. The molecule has 0 spiro atoms.